The number of carbonyl (C=O) groups is 1. The lowest BCUT2D eigenvalue weighted by Gasteiger charge is -2.50. The molecule has 0 fully saturated rings. The Morgan fingerprint density at radius 2 is 1.07 bits per heavy atom. The molecule has 0 radical (unpaired) electrons. The van der Waals surface area contributed by atoms with E-state index in [4.69, 9.17) is 4.74 Å². The van der Waals surface area contributed by atoms with Gasteiger partial charge in [-0.15, -0.1) is 0 Å². The number of hydrogen-bond acceptors (Lipinski definition) is 3. The van der Waals surface area contributed by atoms with Gasteiger partial charge in [-0.3, -0.25) is 4.79 Å². The zero-order valence-electron chi connectivity index (χ0n) is 22.7. The Labute approximate surface area is 249 Å². The maximum absolute atomic E-state index is 15.6. The van der Waals surface area contributed by atoms with Crippen LogP contribution in [-0.4, -0.2) is 5.78 Å². The molecule has 0 spiro atoms. The van der Waals surface area contributed by atoms with E-state index in [1.807, 2.05) is 91.0 Å². The van der Waals surface area contributed by atoms with Gasteiger partial charge in [-0.05, 0) is 33.5 Å². The molecule has 42 heavy (non-hydrogen) atoms. The molecule has 0 saturated carbocycles. The van der Waals surface area contributed by atoms with Gasteiger partial charge in [0.1, 0.15) is 5.75 Å². The summed E-state index contributed by atoms with van der Waals surface area (Å²) in [4.78, 5) is 16.6. The number of Topliss-reactive ketones (excluding diaryl/α,β-unsaturated/α-hetero) is 1. The van der Waals surface area contributed by atoms with Gasteiger partial charge in [0.25, 0.3) is 0 Å². The molecule has 0 amide bonds. The second-order valence-electron chi connectivity index (χ2n) is 10.7. The number of benzene rings is 6. The number of ketones is 1. The summed E-state index contributed by atoms with van der Waals surface area (Å²) in [5.41, 5.74) is 4.15. The van der Waals surface area contributed by atoms with Gasteiger partial charge in [0.2, 0.25) is 0 Å². The molecule has 2 aliphatic rings. The van der Waals surface area contributed by atoms with E-state index in [1.165, 1.54) is 0 Å². The van der Waals surface area contributed by atoms with Crippen molar-refractivity contribution in [1.29, 1.82) is 0 Å². The van der Waals surface area contributed by atoms with Crippen molar-refractivity contribution in [3.05, 3.63) is 180 Å². The third-order valence-electron chi connectivity index (χ3n) is 8.49. The van der Waals surface area contributed by atoms with Gasteiger partial charge in [-0.25, -0.2) is 0 Å². The third kappa shape index (κ3) is 3.38. The maximum atomic E-state index is 15.6. The SMILES string of the molecule is O=C1C(c2ccccc2)=C(c2ccccc2)C2(c3ccccc3)Oc3ccc4ccccc4c3SC12c1ccccc1. The Morgan fingerprint density at radius 3 is 1.74 bits per heavy atom. The summed E-state index contributed by atoms with van der Waals surface area (Å²) in [6.45, 7) is 0. The average molecular weight is 559 g/mol. The molecule has 3 heteroatoms. The lowest BCUT2D eigenvalue weighted by atomic mass is 9.73. The molecule has 2 nitrogen and oxygen atoms in total. The van der Waals surface area contributed by atoms with Gasteiger partial charge in [0, 0.05) is 16.7 Å². The van der Waals surface area contributed by atoms with Gasteiger partial charge in [-0.1, -0.05) is 163 Å². The van der Waals surface area contributed by atoms with Gasteiger partial charge in [0.15, 0.2) is 16.1 Å². The van der Waals surface area contributed by atoms with E-state index in [1.54, 1.807) is 11.8 Å². The molecule has 2 unspecified atom stereocenters. The summed E-state index contributed by atoms with van der Waals surface area (Å²) < 4.78 is 6.35. The first-order chi connectivity index (χ1) is 20.7. The first-order valence-electron chi connectivity index (χ1n) is 14.2. The molecule has 1 aliphatic carbocycles. The van der Waals surface area contributed by atoms with Crippen molar-refractivity contribution in [3.63, 3.8) is 0 Å². The Bertz CT molecular complexity index is 1980. The first kappa shape index (κ1) is 24.9. The van der Waals surface area contributed by atoms with Crippen molar-refractivity contribution in [2.24, 2.45) is 0 Å². The maximum Gasteiger partial charge on any atom is 0.189 e. The number of fused-ring (bicyclic) bond motifs is 4. The zero-order valence-corrected chi connectivity index (χ0v) is 23.6. The van der Waals surface area contributed by atoms with E-state index >= 15 is 4.79 Å². The molecule has 8 rings (SSSR count). The standard InChI is InChI=1S/C39H26O2S/c40-37-34(28-16-5-1-6-17-28)35(29-18-7-2-8-19-29)38(30-20-9-3-10-21-30)39(37,31-22-11-4-12-23-31)42-36-32-24-14-13-15-27(32)25-26-33(36)41-38/h1-26H. The highest BCUT2D eigenvalue weighted by Gasteiger charge is 2.71. The second kappa shape index (κ2) is 9.61. The van der Waals surface area contributed by atoms with E-state index in [0.717, 1.165) is 49.2 Å². The Morgan fingerprint density at radius 1 is 0.524 bits per heavy atom. The quantitative estimate of drug-likeness (QED) is 0.216. The monoisotopic (exact) mass is 558 g/mol. The van der Waals surface area contributed by atoms with Crippen molar-refractivity contribution in [3.8, 4) is 5.75 Å². The smallest absolute Gasteiger partial charge is 0.189 e. The highest BCUT2D eigenvalue weighted by Crippen LogP contribution is 2.71. The molecule has 0 aromatic heterocycles. The fourth-order valence-corrected chi connectivity index (χ4v) is 8.41. The minimum atomic E-state index is -1.15. The van der Waals surface area contributed by atoms with Crippen LogP contribution in [0.15, 0.2) is 163 Å². The Balaban J connectivity index is 1.57. The lowest BCUT2D eigenvalue weighted by Crippen LogP contribution is -2.54. The predicted molar refractivity (Wildman–Crippen MR) is 171 cm³/mol. The molecule has 1 heterocycles. The minimum absolute atomic E-state index is 0.0474. The lowest BCUT2D eigenvalue weighted by molar-refractivity contribution is -0.119. The summed E-state index contributed by atoms with van der Waals surface area (Å²) in [7, 11) is 0. The van der Waals surface area contributed by atoms with Crippen LogP contribution in [0.25, 0.3) is 21.9 Å². The fraction of sp³-hybridized carbons (Fsp3) is 0.0513. The van der Waals surface area contributed by atoms with E-state index in [2.05, 4.69) is 66.7 Å². The van der Waals surface area contributed by atoms with Crippen LogP contribution < -0.4 is 4.74 Å². The molecular formula is C39H26O2S. The number of carbonyl (C=O) groups excluding carboxylic acids is 1. The van der Waals surface area contributed by atoms with E-state index in [-0.39, 0.29) is 5.78 Å². The van der Waals surface area contributed by atoms with Crippen LogP contribution in [-0.2, 0) is 15.1 Å². The van der Waals surface area contributed by atoms with E-state index < -0.39 is 10.3 Å². The summed E-state index contributed by atoms with van der Waals surface area (Å²) in [5, 5.41) is 2.20. The summed E-state index contributed by atoms with van der Waals surface area (Å²) >= 11 is 1.64. The van der Waals surface area contributed by atoms with E-state index in [9.17, 15) is 0 Å². The Kier molecular flexibility index (Phi) is 5.70. The first-order valence-corrected chi connectivity index (χ1v) is 15.0. The molecule has 0 N–H and O–H groups in total. The summed E-state index contributed by atoms with van der Waals surface area (Å²) in [6, 6.07) is 53.4. The largest absolute Gasteiger partial charge is 0.474 e. The van der Waals surface area contributed by atoms with Crippen LogP contribution in [0.4, 0.5) is 0 Å². The average Bonchev–Trinajstić information content (AvgIpc) is 3.31. The third-order valence-corrected chi connectivity index (χ3v) is 10.1. The van der Waals surface area contributed by atoms with Crippen molar-refractivity contribution < 1.29 is 9.53 Å². The van der Waals surface area contributed by atoms with Crippen LogP contribution in [0.5, 0.6) is 5.75 Å². The van der Waals surface area contributed by atoms with Gasteiger partial charge in [0.05, 0.1) is 4.90 Å². The van der Waals surface area contributed by atoms with Gasteiger partial charge < -0.3 is 4.74 Å². The molecule has 2 atom stereocenters. The summed E-state index contributed by atoms with van der Waals surface area (Å²) in [5.74, 6) is 0.829. The topological polar surface area (TPSA) is 26.3 Å². The number of ether oxygens (including phenoxy) is 1. The van der Waals surface area contributed by atoms with Crippen molar-refractivity contribution >= 4 is 39.5 Å². The normalized spacial score (nSPS) is 21.1. The molecule has 0 saturated heterocycles. The van der Waals surface area contributed by atoms with Crippen molar-refractivity contribution in [1.82, 2.24) is 0 Å². The predicted octanol–water partition coefficient (Wildman–Crippen LogP) is 9.31. The minimum Gasteiger partial charge on any atom is -0.474 e. The molecule has 1 aliphatic heterocycles. The van der Waals surface area contributed by atoms with Gasteiger partial charge >= 0.3 is 0 Å². The number of allylic oxidation sites excluding steroid dienone is 1. The molecule has 6 aromatic rings. The molecule has 200 valence electrons. The number of rotatable bonds is 4. The highest BCUT2D eigenvalue weighted by atomic mass is 32.2. The van der Waals surface area contributed by atoms with Crippen molar-refractivity contribution in [2.45, 2.75) is 15.2 Å². The molecular weight excluding hydrogens is 532 g/mol. The molecule has 0 bridgehead atoms. The van der Waals surface area contributed by atoms with Crippen LogP contribution in [0.3, 0.4) is 0 Å². The van der Waals surface area contributed by atoms with Crippen LogP contribution in [0, 0.1) is 0 Å². The van der Waals surface area contributed by atoms with Crippen LogP contribution in [0.1, 0.15) is 22.3 Å². The van der Waals surface area contributed by atoms with Crippen molar-refractivity contribution in [2.75, 3.05) is 0 Å². The van der Waals surface area contributed by atoms with E-state index in [0.29, 0.717) is 5.57 Å². The van der Waals surface area contributed by atoms with Crippen LogP contribution >= 0.6 is 11.8 Å². The Hall–Kier alpha value is -4.86. The second-order valence-corrected chi connectivity index (χ2v) is 11.9. The summed E-state index contributed by atoms with van der Waals surface area (Å²) in [6.07, 6.45) is 0. The van der Waals surface area contributed by atoms with Crippen LogP contribution in [0.2, 0.25) is 0 Å². The molecule has 6 aromatic carbocycles. The fourth-order valence-electron chi connectivity index (χ4n) is 6.75. The number of hydrogen-bond donors (Lipinski definition) is 0. The zero-order chi connectivity index (χ0) is 28.1. The highest BCUT2D eigenvalue weighted by molar-refractivity contribution is 8.01. The number of thioether (sulfide) groups is 1. The van der Waals surface area contributed by atoms with Gasteiger partial charge in [-0.2, -0.15) is 0 Å².